The molecular weight excluding hydrogens is 1630 g/mol. The summed E-state index contributed by atoms with van der Waals surface area (Å²) in [6.07, 6.45) is 17.5. The molecule has 3 aromatic carbocycles. The molecule has 3 aliphatic heterocycles. The van der Waals surface area contributed by atoms with Gasteiger partial charge < -0.3 is 79.0 Å². The molecule has 0 saturated carbocycles. The number of fused-ring (bicyclic) bond motifs is 3. The molecule has 0 radical (unpaired) electrons. The Morgan fingerprint density at radius 3 is 2.39 bits per heavy atom. The van der Waals surface area contributed by atoms with Gasteiger partial charge in [0.2, 0.25) is 23.5 Å². The van der Waals surface area contributed by atoms with Gasteiger partial charge in [0.1, 0.15) is 58.8 Å². The van der Waals surface area contributed by atoms with Crippen LogP contribution in [0.3, 0.4) is 0 Å². The molecule has 114 heavy (non-hydrogen) atoms. The van der Waals surface area contributed by atoms with Crippen LogP contribution in [0, 0.1) is 18.8 Å². The van der Waals surface area contributed by atoms with Gasteiger partial charge in [-0.3, -0.25) is 28.7 Å². The van der Waals surface area contributed by atoms with Crippen LogP contribution in [0.15, 0.2) is 113 Å². The number of carbonyl (C=O) groups excluding carboxylic acids is 3. The van der Waals surface area contributed by atoms with Crippen molar-refractivity contribution in [3.63, 3.8) is 0 Å². The van der Waals surface area contributed by atoms with Gasteiger partial charge in [-0.2, -0.15) is 18.2 Å². The number of benzene rings is 3. The van der Waals surface area contributed by atoms with Crippen LogP contribution in [-0.2, 0) is 76.3 Å². The Hall–Kier alpha value is -6.10. The zero-order chi connectivity index (χ0) is 83.4. The van der Waals surface area contributed by atoms with Crippen LogP contribution in [0.4, 0.5) is 17.3 Å². The second-order valence-electron chi connectivity index (χ2n) is 28.9. The second-order valence-corrected chi connectivity index (χ2v) is 40.6. The molecule has 3 amide bonds. The number of nitrogen functional groups attached to an aromatic ring is 1. The molecule has 0 bridgehead atoms. The topological polar surface area (TPSA) is 433 Å². The molecular formula is C75H104N9O22P3S5. The quantitative estimate of drug-likeness (QED) is 0.00256. The second kappa shape index (κ2) is 42.0. The fourth-order valence-corrected chi connectivity index (χ4v) is 20.3. The Balaban J connectivity index is 0.780. The normalized spacial score (nSPS) is 19.6. The van der Waals surface area contributed by atoms with Crippen molar-refractivity contribution in [1.82, 2.24) is 30.5 Å². The van der Waals surface area contributed by atoms with E-state index in [-0.39, 0.29) is 108 Å². The zero-order valence-electron chi connectivity index (χ0n) is 65.7. The van der Waals surface area contributed by atoms with Crippen molar-refractivity contribution in [2.75, 3.05) is 82.6 Å². The highest BCUT2D eigenvalue weighted by atomic mass is 33.1. The van der Waals surface area contributed by atoms with Gasteiger partial charge in [-0.25, -0.2) is 22.1 Å². The van der Waals surface area contributed by atoms with Gasteiger partial charge in [-0.1, -0.05) is 151 Å². The molecule has 39 heteroatoms. The number of allylic oxidation sites excluding steroid dienone is 6. The third-order valence-electron chi connectivity index (χ3n) is 18.4. The minimum absolute atomic E-state index is 0.000377. The van der Waals surface area contributed by atoms with Crippen molar-refractivity contribution in [3.05, 3.63) is 141 Å². The zero-order valence-corrected chi connectivity index (χ0v) is 72.4. The SMILES string of the molecule is CCCCN1\C(=C/C=C/C=C/C2=[N+](CCCC)c3ccc(C)cc3C2(C)C)C(C)(CCCCCC(=O)NCCNC(=O)c2cccc(OCC(OCCOCC(=O)NCC#Cc3cn([C@H]4CC(O[C@H](C)SSC)[C@@H](COP(=O)(O)OP(=O)(O)OP(=O)(O)O)O4)c4nc(N)[nH]c(=O)c34)SSC(C)(C)C)c2)c2cc(S(=O)(=O)[O-])ccc21. The summed E-state index contributed by atoms with van der Waals surface area (Å²) in [6.45, 7) is 21.8. The number of carbonyl (C=O) groups is 3. The first-order valence-corrected chi connectivity index (χ1v) is 48.0. The van der Waals surface area contributed by atoms with Gasteiger partial charge in [-0.15, -0.1) is 0 Å². The van der Waals surface area contributed by atoms with E-state index in [1.807, 2.05) is 12.2 Å². The summed E-state index contributed by atoms with van der Waals surface area (Å²) in [5, 5.41) is 8.41. The van der Waals surface area contributed by atoms with Crippen molar-refractivity contribution >= 4 is 129 Å². The van der Waals surface area contributed by atoms with Gasteiger partial charge in [-0.05, 0) is 114 Å². The van der Waals surface area contributed by atoms with Gasteiger partial charge in [0, 0.05) is 89.9 Å². The summed E-state index contributed by atoms with van der Waals surface area (Å²) in [5.41, 5.74) is 11.7. The number of nitrogens with one attached hydrogen (secondary N) is 4. The minimum atomic E-state index is -5.82. The average Bonchev–Trinajstić information content (AvgIpc) is 1.60. The third kappa shape index (κ3) is 27.2. The Bertz CT molecular complexity index is 4750. The first kappa shape index (κ1) is 93.4. The predicted molar refractivity (Wildman–Crippen MR) is 444 cm³/mol. The number of ether oxygens (including phenoxy) is 5. The molecule has 5 aromatic rings. The molecule has 5 heterocycles. The number of phosphoric ester groups is 1. The lowest BCUT2D eigenvalue weighted by atomic mass is 9.77. The first-order chi connectivity index (χ1) is 53.7. The van der Waals surface area contributed by atoms with Crippen molar-refractivity contribution < 1.29 is 102 Å². The van der Waals surface area contributed by atoms with Gasteiger partial charge in [0.05, 0.1) is 53.7 Å². The maximum Gasteiger partial charge on any atom is 0.490 e. The number of nitrogens with two attached hydrogens (primary N) is 1. The van der Waals surface area contributed by atoms with E-state index in [4.69, 9.17) is 43.7 Å². The minimum Gasteiger partial charge on any atom is -0.744 e. The Labute approximate surface area is 681 Å². The van der Waals surface area contributed by atoms with E-state index in [0.717, 1.165) is 49.2 Å². The number of aryl methyl sites for hydroxylation is 1. The molecule has 626 valence electrons. The van der Waals surface area contributed by atoms with E-state index in [0.29, 0.717) is 43.5 Å². The standard InChI is InChI=1S/C75H104N9O22P3S5/c1-12-14-38-82-58-32-30-50(3)42-56(58)74(8,9)62(82)27-18-16-19-28-63-75(10,57-44-55(114(96,97)98)31-33-59(57)83(63)39-15-13-2)34-21-17-20-29-64(85)78-36-37-79-70(87)52-24-22-26-54(43-52)101-49-67(112-113-73(5,6)7)100-41-40-99-48-65(86)77-35-23-25-53-46-84(69-68(53)71(88)81-72(76)80-69)66-45-60(103-51(4)111-110-11)61(104-66)47-102-108(92,93)106-109(94,95)105-107(89,90)91/h16,18-19,22,24,26-28,30-33,42-44,46,51,60-61,66-67H,12-15,17,20-21,29,34-41,45,47-49H2,1-11H3,(H10-,76,77,78,79,80,81,85,86,87,88,89,90,91,92,93,94,95,96,97,98)/t51-,60?,61+,66+,67?,75?/m0/s1. The third-order valence-corrected chi connectivity index (χ3v) is 28.5. The molecule has 10 N–H and O–H groups in total. The molecule has 1 saturated heterocycles. The highest BCUT2D eigenvalue weighted by Crippen LogP contribution is 2.66. The van der Waals surface area contributed by atoms with Crippen molar-refractivity contribution in [3.8, 4) is 17.6 Å². The maximum atomic E-state index is 13.4. The largest absolute Gasteiger partial charge is 0.744 e. The molecule has 1 fully saturated rings. The van der Waals surface area contributed by atoms with Crippen molar-refractivity contribution in [1.29, 1.82) is 0 Å². The lowest BCUT2D eigenvalue weighted by molar-refractivity contribution is -0.438. The van der Waals surface area contributed by atoms with E-state index in [1.165, 1.54) is 71.7 Å². The fourth-order valence-electron chi connectivity index (χ4n) is 13.2. The lowest BCUT2D eigenvalue weighted by Crippen LogP contribution is -2.34. The summed E-state index contributed by atoms with van der Waals surface area (Å²) < 4.78 is 120. The van der Waals surface area contributed by atoms with Crippen molar-refractivity contribution in [2.45, 2.75) is 183 Å². The monoisotopic (exact) mass is 1740 g/mol. The van der Waals surface area contributed by atoms with E-state index in [1.54, 1.807) is 60.4 Å². The number of nitrogens with zero attached hydrogens (tertiary/aromatic N) is 4. The van der Waals surface area contributed by atoms with Crippen LogP contribution in [0.5, 0.6) is 5.75 Å². The summed E-state index contributed by atoms with van der Waals surface area (Å²) in [6, 6.07) is 18.1. The molecule has 2 aromatic heterocycles. The summed E-state index contributed by atoms with van der Waals surface area (Å²) in [7, 11) is -16.0. The summed E-state index contributed by atoms with van der Waals surface area (Å²) in [4.78, 5) is 99.2. The van der Waals surface area contributed by atoms with E-state index < -0.39 is 86.4 Å². The number of amides is 3. The number of unbranched alkanes of at least 4 members (excludes halogenated alkanes) is 4. The van der Waals surface area contributed by atoms with Crippen LogP contribution >= 0.6 is 66.6 Å². The van der Waals surface area contributed by atoms with E-state index in [9.17, 15) is 55.6 Å². The van der Waals surface area contributed by atoms with Gasteiger partial charge in [0.25, 0.3) is 11.5 Å². The highest BCUT2D eigenvalue weighted by Gasteiger charge is 2.47. The molecule has 0 aliphatic carbocycles. The van der Waals surface area contributed by atoms with Gasteiger partial charge >= 0.3 is 23.5 Å². The predicted octanol–water partition coefficient (Wildman–Crippen LogP) is 12.2. The lowest BCUT2D eigenvalue weighted by Gasteiger charge is -2.30. The number of H-pyrrole nitrogens is 1. The molecule has 31 nitrogen and oxygen atoms in total. The maximum absolute atomic E-state index is 13.4. The van der Waals surface area contributed by atoms with E-state index >= 15 is 0 Å². The Kier molecular flexibility index (Phi) is 34.4. The molecule has 8 rings (SSSR count). The highest BCUT2D eigenvalue weighted by molar-refractivity contribution is 8.77. The summed E-state index contributed by atoms with van der Waals surface area (Å²) >= 11 is 0. The molecule has 3 aliphatic rings. The number of phosphoric acid groups is 3. The van der Waals surface area contributed by atoms with Crippen LogP contribution in [0.25, 0.3) is 11.0 Å². The summed E-state index contributed by atoms with van der Waals surface area (Å²) in [5.74, 6) is 4.77. The van der Waals surface area contributed by atoms with Crippen LogP contribution < -0.4 is 36.9 Å². The molecule has 0 spiro atoms. The Morgan fingerprint density at radius 2 is 1.67 bits per heavy atom. The molecule has 5 unspecified atom stereocenters. The number of hydrogen-bond donors (Lipinski definition) is 9. The van der Waals surface area contributed by atoms with Crippen LogP contribution in [0.2, 0.25) is 0 Å². The number of aromatic amines is 1. The number of hydrogen-bond acceptors (Lipinski definition) is 25. The first-order valence-electron chi connectivity index (χ1n) is 37.2. The van der Waals surface area contributed by atoms with Crippen LogP contribution in [0.1, 0.15) is 165 Å². The van der Waals surface area contributed by atoms with Crippen molar-refractivity contribution in [2.24, 2.45) is 0 Å². The number of rotatable bonds is 44. The van der Waals surface area contributed by atoms with Crippen LogP contribution in [-0.4, -0.2) is 175 Å². The van der Waals surface area contributed by atoms with Gasteiger partial charge in [0.15, 0.2) is 11.4 Å². The average molecular weight is 1740 g/mol. The molecule has 8 atom stereocenters. The smallest absolute Gasteiger partial charge is 0.490 e. The fraction of sp³-hybridized carbons (Fsp3) is 0.520. The Morgan fingerprint density at radius 1 is 0.912 bits per heavy atom. The number of aromatic nitrogens is 3. The number of anilines is 2. The van der Waals surface area contributed by atoms with E-state index in [2.05, 4.69) is 155 Å².